The highest BCUT2D eigenvalue weighted by Crippen LogP contribution is 2.27. The predicted molar refractivity (Wildman–Crippen MR) is 109 cm³/mol. The second kappa shape index (κ2) is 8.18. The van der Waals surface area contributed by atoms with Crippen molar-refractivity contribution >= 4 is 32.7 Å². The maximum Gasteiger partial charge on any atom is 0.311 e. The summed E-state index contributed by atoms with van der Waals surface area (Å²) in [7, 11) is -3.11. The fourth-order valence-corrected chi connectivity index (χ4v) is 5.55. The van der Waals surface area contributed by atoms with Gasteiger partial charge in [0.15, 0.2) is 15.9 Å². The Kier molecular flexibility index (Phi) is 6.03. The minimum absolute atomic E-state index is 0.00292. The molecule has 158 valence electrons. The number of rotatable bonds is 6. The van der Waals surface area contributed by atoms with Crippen LogP contribution in [-0.2, 0) is 30.6 Å². The van der Waals surface area contributed by atoms with E-state index in [0.717, 1.165) is 22.1 Å². The molecule has 0 aliphatic carbocycles. The molecule has 29 heavy (non-hydrogen) atoms. The Morgan fingerprint density at radius 3 is 2.66 bits per heavy atom. The van der Waals surface area contributed by atoms with Crippen LogP contribution in [0.25, 0.3) is 11.0 Å². The maximum absolute atomic E-state index is 12.7. The van der Waals surface area contributed by atoms with E-state index in [0.29, 0.717) is 18.5 Å². The van der Waals surface area contributed by atoms with Crippen LogP contribution in [0.4, 0.5) is 0 Å². The Bertz CT molecular complexity index is 1040. The van der Waals surface area contributed by atoms with Crippen molar-refractivity contribution in [2.45, 2.75) is 52.7 Å². The van der Waals surface area contributed by atoms with Gasteiger partial charge in [0.1, 0.15) is 5.58 Å². The van der Waals surface area contributed by atoms with E-state index >= 15 is 0 Å². The summed E-state index contributed by atoms with van der Waals surface area (Å²) in [6.07, 6.45) is 0.985. The molecule has 2 aromatic rings. The van der Waals surface area contributed by atoms with Crippen molar-refractivity contribution in [2.75, 3.05) is 18.1 Å². The molecule has 0 unspecified atom stereocenters. The lowest BCUT2D eigenvalue weighted by Crippen LogP contribution is -2.46. The monoisotopic (exact) mass is 421 g/mol. The molecule has 7 nitrogen and oxygen atoms in total. The molecule has 1 aromatic heterocycles. The first-order valence-corrected chi connectivity index (χ1v) is 11.6. The third-order valence-corrected chi connectivity index (χ3v) is 7.36. The molecule has 1 fully saturated rings. The van der Waals surface area contributed by atoms with Gasteiger partial charge in [-0.2, -0.15) is 0 Å². The summed E-state index contributed by atoms with van der Waals surface area (Å²) in [5.74, 6) is -0.844. The fraction of sp³-hybridized carbons (Fsp3) is 0.524. The second-order valence-electron chi connectivity index (χ2n) is 7.64. The van der Waals surface area contributed by atoms with Gasteiger partial charge in [-0.3, -0.25) is 9.59 Å². The minimum atomic E-state index is -3.11. The molecule has 1 amide bonds. The van der Waals surface area contributed by atoms with Gasteiger partial charge < -0.3 is 14.1 Å². The molecule has 0 spiro atoms. The number of likely N-dealkylation sites (N-methyl/N-ethyl adjacent to an activating group) is 1. The molecule has 0 bridgehead atoms. The van der Waals surface area contributed by atoms with Crippen LogP contribution in [0.15, 0.2) is 22.8 Å². The Morgan fingerprint density at radius 1 is 1.31 bits per heavy atom. The van der Waals surface area contributed by atoms with Crippen molar-refractivity contribution < 1.29 is 27.2 Å². The lowest BCUT2D eigenvalue weighted by molar-refractivity contribution is -0.159. The number of furan rings is 1. The highest BCUT2D eigenvalue weighted by atomic mass is 32.2. The van der Waals surface area contributed by atoms with Crippen molar-refractivity contribution in [3.05, 3.63) is 35.1 Å². The number of sulfone groups is 1. The van der Waals surface area contributed by atoms with Crippen LogP contribution in [0.1, 0.15) is 37.0 Å². The van der Waals surface area contributed by atoms with E-state index < -0.39 is 21.9 Å². The fourth-order valence-electron chi connectivity index (χ4n) is 3.82. The third kappa shape index (κ3) is 4.47. The number of benzene rings is 1. The normalized spacial score (nSPS) is 19.2. The smallest absolute Gasteiger partial charge is 0.311 e. The highest BCUT2D eigenvalue weighted by molar-refractivity contribution is 7.91. The number of carbonyl (C=O) groups excluding carboxylic acids is 2. The molecule has 1 aliphatic heterocycles. The van der Waals surface area contributed by atoms with Gasteiger partial charge in [0.25, 0.3) is 5.91 Å². The van der Waals surface area contributed by atoms with Crippen molar-refractivity contribution in [3.63, 3.8) is 0 Å². The number of amides is 1. The second-order valence-corrected chi connectivity index (χ2v) is 9.86. The number of hydrogen-bond acceptors (Lipinski definition) is 6. The zero-order chi connectivity index (χ0) is 21.3. The van der Waals surface area contributed by atoms with Crippen LogP contribution in [0.2, 0.25) is 0 Å². The van der Waals surface area contributed by atoms with Gasteiger partial charge >= 0.3 is 5.97 Å². The lowest BCUT2D eigenvalue weighted by Gasteiger charge is -2.29. The lowest BCUT2D eigenvalue weighted by atomic mass is 10.0. The van der Waals surface area contributed by atoms with Crippen molar-refractivity contribution in [2.24, 2.45) is 0 Å². The van der Waals surface area contributed by atoms with Crippen LogP contribution in [0.5, 0.6) is 0 Å². The van der Waals surface area contributed by atoms with Crippen LogP contribution in [0.3, 0.4) is 0 Å². The molecule has 1 aromatic carbocycles. The number of ether oxygens (including phenoxy) is 1. The van der Waals surface area contributed by atoms with Gasteiger partial charge in [0.05, 0.1) is 24.2 Å². The maximum atomic E-state index is 12.7. The summed E-state index contributed by atoms with van der Waals surface area (Å²) in [5.41, 5.74) is 3.59. The summed E-state index contributed by atoms with van der Waals surface area (Å²) >= 11 is 0. The molecule has 1 aliphatic rings. The van der Waals surface area contributed by atoms with Crippen molar-refractivity contribution in [1.29, 1.82) is 0 Å². The summed E-state index contributed by atoms with van der Waals surface area (Å²) in [5, 5.41) is 0.857. The van der Waals surface area contributed by atoms with Crippen molar-refractivity contribution in [3.8, 4) is 0 Å². The average molecular weight is 422 g/mol. The van der Waals surface area contributed by atoms with Gasteiger partial charge in [-0.1, -0.05) is 12.1 Å². The first-order valence-electron chi connectivity index (χ1n) is 9.79. The predicted octanol–water partition coefficient (Wildman–Crippen LogP) is 2.56. The Morgan fingerprint density at radius 2 is 2.03 bits per heavy atom. The zero-order valence-electron chi connectivity index (χ0n) is 17.2. The number of esters is 1. The molecule has 8 heteroatoms. The van der Waals surface area contributed by atoms with Gasteiger partial charge in [0.2, 0.25) is 0 Å². The van der Waals surface area contributed by atoms with E-state index in [1.54, 1.807) is 13.2 Å². The van der Waals surface area contributed by atoms with Gasteiger partial charge in [-0.15, -0.1) is 0 Å². The van der Waals surface area contributed by atoms with E-state index in [2.05, 4.69) is 0 Å². The molecule has 1 saturated heterocycles. The first kappa shape index (κ1) is 21.4. The summed E-state index contributed by atoms with van der Waals surface area (Å²) in [4.78, 5) is 26.7. The average Bonchev–Trinajstić information content (AvgIpc) is 3.22. The van der Waals surface area contributed by atoms with Crippen LogP contribution in [-0.4, -0.2) is 55.4 Å². The standard InChI is InChI=1S/C21H27NO6S/c1-5-22(17-8-9-29(25,26)12-17)21(24)15(4)28-19(23)10-16-11-27-20-14(3)13(2)6-7-18(16)20/h6-7,11,15,17H,5,8-10,12H2,1-4H3/t15-,17-/m1/s1. The zero-order valence-corrected chi connectivity index (χ0v) is 18.0. The molecule has 3 rings (SSSR count). The summed E-state index contributed by atoms with van der Waals surface area (Å²) in [6, 6.07) is 3.53. The minimum Gasteiger partial charge on any atom is -0.464 e. The number of carbonyl (C=O) groups is 2. The molecule has 2 atom stereocenters. The van der Waals surface area contributed by atoms with E-state index in [1.165, 1.54) is 11.8 Å². The Labute approximate surface area is 170 Å². The molecule has 0 saturated carbocycles. The number of nitrogens with zero attached hydrogens (tertiary/aromatic N) is 1. The highest BCUT2D eigenvalue weighted by Gasteiger charge is 2.36. The molecule has 2 heterocycles. The van der Waals surface area contributed by atoms with E-state index in [9.17, 15) is 18.0 Å². The number of fused-ring (bicyclic) bond motifs is 1. The van der Waals surface area contributed by atoms with Crippen LogP contribution < -0.4 is 0 Å². The molecule has 0 radical (unpaired) electrons. The van der Waals surface area contributed by atoms with E-state index in [1.807, 2.05) is 26.0 Å². The van der Waals surface area contributed by atoms with Crippen LogP contribution in [0, 0.1) is 13.8 Å². The van der Waals surface area contributed by atoms with E-state index in [-0.39, 0.29) is 29.9 Å². The Hall–Kier alpha value is -2.35. The van der Waals surface area contributed by atoms with Crippen LogP contribution >= 0.6 is 0 Å². The third-order valence-electron chi connectivity index (χ3n) is 5.61. The molecular weight excluding hydrogens is 394 g/mol. The first-order chi connectivity index (χ1) is 13.6. The quantitative estimate of drug-likeness (QED) is 0.666. The van der Waals surface area contributed by atoms with Gasteiger partial charge in [-0.05, 0) is 45.2 Å². The van der Waals surface area contributed by atoms with E-state index in [4.69, 9.17) is 9.15 Å². The topological polar surface area (TPSA) is 93.9 Å². The number of hydrogen-bond donors (Lipinski definition) is 0. The largest absolute Gasteiger partial charge is 0.464 e. The SMILES string of the molecule is CCN(C(=O)[C@@H](C)OC(=O)Cc1coc2c(C)c(C)ccc12)[C@@H]1CCS(=O)(=O)C1. The number of aryl methyl sites for hydroxylation is 2. The van der Waals surface area contributed by atoms with Gasteiger partial charge in [-0.25, -0.2) is 8.42 Å². The van der Waals surface area contributed by atoms with Gasteiger partial charge in [0, 0.05) is 23.5 Å². The summed E-state index contributed by atoms with van der Waals surface area (Å²) < 4.78 is 34.4. The Balaban J connectivity index is 1.66. The molecule has 0 N–H and O–H groups in total. The molecular formula is C21H27NO6S. The summed E-state index contributed by atoms with van der Waals surface area (Å²) in [6.45, 7) is 7.64. The van der Waals surface area contributed by atoms with Crippen molar-refractivity contribution in [1.82, 2.24) is 4.90 Å².